The van der Waals surface area contributed by atoms with Crippen LogP contribution in [0.15, 0.2) is 30.4 Å². The number of benzene rings is 1. The lowest BCUT2D eigenvalue weighted by atomic mass is 9.95. The van der Waals surface area contributed by atoms with Gasteiger partial charge in [0.1, 0.15) is 0 Å². The summed E-state index contributed by atoms with van der Waals surface area (Å²) in [5.74, 6) is 0.455. The Morgan fingerprint density at radius 3 is 2.79 bits per heavy atom. The summed E-state index contributed by atoms with van der Waals surface area (Å²) in [6, 6.07) is 5.21. The van der Waals surface area contributed by atoms with Gasteiger partial charge in [0, 0.05) is 18.2 Å². The highest BCUT2D eigenvalue weighted by atomic mass is 16.5. The zero-order valence-corrected chi connectivity index (χ0v) is 13.5. The molecular formula is C18H21NO5. The molecule has 1 aliphatic heterocycles. The van der Waals surface area contributed by atoms with Crippen molar-refractivity contribution in [3.05, 3.63) is 30.4 Å². The molecule has 1 heterocycles. The van der Waals surface area contributed by atoms with E-state index >= 15 is 0 Å². The molecule has 1 amide bonds. The van der Waals surface area contributed by atoms with E-state index in [-0.39, 0.29) is 24.4 Å². The van der Waals surface area contributed by atoms with E-state index in [1.54, 1.807) is 18.2 Å². The first-order valence-electron chi connectivity index (χ1n) is 8.23. The van der Waals surface area contributed by atoms with E-state index in [1.165, 1.54) is 0 Å². The van der Waals surface area contributed by atoms with Crippen molar-refractivity contribution < 1.29 is 23.8 Å². The second-order valence-corrected chi connectivity index (χ2v) is 5.85. The number of esters is 1. The highest BCUT2D eigenvalue weighted by molar-refractivity contribution is 5.93. The van der Waals surface area contributed by atoms with Crippen LogP contribution in [0.2, 0.25) is 0 Å². The smallest absolute Gasteiger partial charge is 0.309 e. The van der Waals surface area contributed by atoms with Gasteiger partial charge < -0.3 is 19.5 Å². The van der Waals surface area contributed by atoms with E-state index in [1.807, 2.05) is 6.08 Å². The number of ether oxygens (including phenoxy) is 3. The van der Waals surface area contributed by atoms with Crippen molar-refractivity contribution in [2.45, 2.75) is 25.7 Å². The molecule has 24 heavy (non-hydrogen) atoms. The van der Waals surface area contributed by atoms with Crippen LogP contribution in [0, 0.1) is 5.92 Å². The molecule has 6 heteroatoms. The third kappa shape index (κ3) is 4.28. The zero-order valence-electron chi connectivity index (χ0n) is 13.5. The Labute approximate surface area is 140 Å². The largest absolute Gasteiger partial charge is 0.490 e. The molecule has 0 spiro atoms. The van der Waals surface area contributed by atoms with Crippen molar-refractivity contribution in [1.82, 2.24) is 0 Å². The average Bonchev–Trinajstić information content (AvgIpc) is 2.85. The van der Waals surface area contributed by atoms with Gasteiger partial charge in [0.2, 0.25) is 0 Å². The van der Waals surface area contributed by atoms with Crippen LogP contribution < -0.4 is 14.8 Å². The minimum absolute atomic E-state index is 0.138. The second-order valence-electron chi connectivity index (χ2n) is 5.85. The summed E-state index contributed by atoms with van der Waals surface area (Å²) in [5.41, 5.74) is 0.584. The van der Waals surface area contributed by atoms with Crippen LogP contribution in [0.1, 0.15) is 25.7 Å². The van der Waals surface area contributed by atoms with Gasteiger partial charge >= 0.3 is 5.97 Å². The fourth-order valence-electron chi connectivity index (χ4n) is 2.70. The van der Waals surface area contributed by atoms with Crippen molar-refractivity contribution in [2.24, 2.45) is 5.92 Å². The molecule has 6 nitrogen and oxygen atoms in total. The summed E-state index contributed by atoms with van der Waals surface area (Å²) < 4.78 is 16.2. The van der Waals surface area contributed by atoms with Crippen LogP contribution in [-0.4, -0.2) is 31.7 Å². The minimum atomic E-state index is -0.371. The molecule has 1 aromatic rings. The molecule has 0 radical (unpaired) electrons. The van der Waals surface area contributed by atoms with E-state index in [0.717, 1.165) is 19.3 Å². The summed E-state index contributed by atoms with van der Waals surface area (Å²) in [7, 11) is 0. The SMILES string of the molecule is O=C(COC(=O)[C@H]1CC=CCC1)Nc1ccc2c(c1)OCCCO2. The van der Waals surface area contributed by atoms with Crippen LogP contribution in [-0.2, 0) is 14.3 Å². The van der Waals surface area contributed by atoms with E-state index in [9.17, 15) is 9.59 Å². The number of amides is 1. The number of rotatable bonds is 4. The number of fused-ring (bicyclic) bond motifs is 1. The maximum absolute atomic E-state index is 12.0. The van der Waals surface area contributed by atoms with E-state index < -0.39 is 0 Å². The van der Waals surface area contributed by atoms with Crippen LogP contribution >= 0.6 is 0 Å². The lowest BCUT2D eigenvalue weighted by Gasteiger charge is -2.16. The van der Waals surface area contributed by atoms with Gasteiger partial charge in [0.25, 0.3) is 5.91 Å². The molecule has 1 aliphatic carbocycles. The highest BCUT2D eigenvalue weighted by Gasteiger charge is 2.21. The first-order valence-corrected chi connectivity index (χ1v) is 8.23. The van der Waals surface area contributed by atoms with Crippen LogP contribution in [0.4, 0.5) is 5.69 Å². The molecule has 0 saturated carbocycles. The van der Waals surface area contributed by atoms with Gasteiger partial charge in [-0.15, -0.1) is 0 Å². The fraction of sp³-hybridized carbons (Fsp3) is 0.444. The molecule has 0 unspecified atom stereocenters. The molecule has 0 saturated heterocycles. The molecule has 0 aromatic heterocycles. The summed E-state index contributed by atoms with van der Waals surface area (Å²) in [5, 5.41) is 2.71. The Bertz CT molecular complexity index is 640. The number of carbonyl (C=O) groups is 2. The summed E-state index contributed by atoms with van der Waals surface area (Å²) in [4.78, 5) is 23.9. The quantitative estimate of drug-likeness (QED) is 0.678. The van der Waals surface area contributed by atoms with Gasteiger partial charge in [-0.2, -0.15) is 0 Å². The lowest BCUT2D eigenvalue weighted by molar-refractivity contribution is -0.151. The van der Waals surface area contributed by atoms with E-state index in [4.69, 9.17) is 14.2 Å². The van der Waals surface area contributed by atoms with Crippen LogP contribution in [0.25, 0.3) is 0 Å². The molecule has 2 aliphatic rings. The molecular weight excluding hydrogens is 310 g/mol. The first-order chi connectivity index (χ1) is 11.7. The molecule has 1 N–H and O–H groups in total. The van der Waals surface area contributed by atoms with E-state index in [0.29, 0.717) is 36.8 Å². The predicted octanol–water partition coefficient (Wildman–Crippen LogP) is 2.69. The lowest BCUT2D eigenvalue weighted by Crippen LogP contribution is -2.25. The number of carbonyl (C=O) groups excluding carboxylic acids is 2. The topological polar surface area (TPSA) is 73.9 Å². The third-order valence-corrected chi connectivity index (χ3v) is 3.98. The molecule has 1 atom stereocenters. The number of nitrogens with one attached hydrogen (secondary N) is 1. The van der Waals surface area contributed by atoms with Crippen molar-refractivity contribution in [3.8, 4) is 11.5 Å². The monoisotopic (exact) mass is 331 g/mol. The Hall–Kier alpha value is -2.50. The number of hydrogen-bond acceptors (Lipinski definition) is 5. The summed E-state index contributed by atoms with van der Waals surface area (Å²) in [6.45, 7) is 0.913. The van der Waals surface area contributed by atoms with Crippen molar-refractivity contribution in [2.75, 3.05) is 25.1 Å². The van der Waals surface area contributed by atoms with Gasteiger partial charge in [-0.3, -0.25) is 9.59 Å². The maximum atomic E-state index is 12.0. The maximum Gasteiger partial charge on any atom is 0.309 e. The Kier molecular flexibility index (Phi) is 5.36. The standard InChI is InChI=1S/C18H21NO5/c20-17(12-24-18(21)13-5-2-1-3-6-13)19-14-7-8-15-16(11-14)23-10-4-9-22-15/h1-2,7-8,11,13H,3-6,9-10,12H2,(H,19,20)/t13-/m0/s1. The summed E-state index contributed by atoms with van der Waals surface area (Å²) in [6.07, 6.45) is 7.20. The van der Waals surface area contributed by atoms with Crippen molar-refractivity contribution >= 4 is 17.6 Å². The fourth-order valence-corrected chi connectivity index (χ4v) is 2.70. The van der Waals surface area contributed by atoms with Gasteiger partial charge in [0.15, 0.2) is 18.1 Å². The zero-order chi connectivity index (χ0) is 16.8. The number of hydrogen-bond donors (Lipinski definition) is 1. The Morgan fingerprint density at radius 1 is 1.17 bits per heavy atom. The van der Waals surface area contributed by atoms with E-state index in [2.05, 4.69) is 11.4 Å². The van der Waals surface area contributed by atoms with Gasteiger partial charge in [0.05, 0.1) is 19.1 Å². The molecule has 3 rings (SSSR count). The average molecular weight is 331 g/mol. The minimum Gasteiger partial charge on any atom is -0.490 e. The summed E-state index contributed by atoms with van der Waals surface area (Å²) >= 11 is 0. The molecule has 0 fully saturated rings. The number of anilines is 1. The van der Waals surface area contributed by atoms with Gasteiger partial charge in [-0.25, -0.2) is 0 Å². The third-order valence-electron chi connectivity index (χ3n) is 3.98. The van der Waals surface area contributed by atoms with Crippen molar-refractivity contribution in [1.29, 1.82) is 0 Å². The van der Waals surface area contributed by atoms with Crippen LogP contribution in [0.5, 0.6) is 11.5 Å². The highest BCUT2D eigenvalue weighted by Crippen LogP contribution is 2.32. The molecule has 1 aromatic carbocycles. The van der Waals surface area contributed by atoms with Gasteiger partial charge in [-0.05, 0) is 31.4 Å². The predicted molar refractivity (Wildman–Crippen MR) is 88.1 cm³/mol. The number of allylic oxidation sites excluding steroid dienone is 2. The Balaban J connectivity index is 1.50. The van der Waals surface area contributed by atoms with Gasteiger partial charge in [-0.1, -0.05) is 12.2 Å². The molecule has 0 bridgehead atoms. The molecule has 128 valence electrons. The van der Waals surface area contributed by atoms with Crippen LogP contribution in [0.3, 0.4) is 0 Å². The Morgan fingerprint density at radius 2 is 2.00 bits per heavy atom. The normalized spacial score (nSPS) is 19.2. The van der Waals surface area contributed by atoms with Crippen molar-refractivity contribution in [3.63, 3.8) is 0 Å². The second kappa shape index (κ2) is 7.86. The first kappa shape index (κ1) is 16.4.